The molecule has 2 N–H and O–H groups in total. The van der Waals surface area contributed by atoms with Crippen molar-refractivity contribution < 1.29 is 4.79 Å². The predicted molar refractivity (Wildman–Crippen MR) is 65.2 cm³/mol. The molecule has 0 atom stereocenters. The van der Waals surface area contributed by atoms with Gasteiger partial charge >= 0.3 is 0 Å². The molecule has 0 radical (unpaired) electrons. The van der Waals surface area contributed by atoms with Crippen LogP contribution in [0.25, 0.3) is 0 Å². The lowest BCUT2D eigenvalue weighted by Crippen LogP contribution is -2.15. The third-order valence-corrected chi connectivity index (χ3v) is 2.40. The maximum absolute atomic E-state index is 11.6. The smallest absolute Gasteiger partial charge is 0.231 e. The number of amides is 1. The number of H-pyrrole nitrogens is 1. The van der Waals surface area contributed by atoms with Crippen LogP contribution in [-0.2, 0) is 11.2 Å². The van der Waals surface area contributed by atoms with Crippen LogP contribution in [0.4, 0.5) is 5.95 Å². The van der Waals surface area contributed by atoms with E-state index in [0.717, 1.165) is 5.56 Å². The highest BCUT2D eigenvalue weighted by molar-refractivity contribution is 6.34. The summed E-state index contributed by atoms with van der Waals surface area (Å²) in [7, 11) is 0. The van der Waals surface area contributed by atoms with Gasteiger partial charge in [0, 0.05) is 10.0 Å². The van der Waals surface area contributed by atoms with E-state index in [4.69, 9.17) is 23.2 Å². The molecular weight excluding hydrogens is 263 g/mol. The van der Waals surface area contributed by atoms with Crippen LogP contribution in [-0.4, -0.2) is 21.1 Å². The van der Waals surface area contributed by atoms with Crippen molar-refractivity contribution in [1.29, 1.82) is 0 Å². The number of hydrogen-bond donors (Lipinski definition) is 2. The first-order chi connectivity index (χ1) is 8.13. The van der Waals surface area contributed by atoms with Gasteiger partial charge < -0.3 is 0 Å². The van der Waals surface area contributed by atoms with E-state index in [1.807, 2.05) is 0 Å². The van der Waals surface area contributed by atoms with Gasteiger partial charge in [0.1, 0.15) is 6.33 Å². The van der Waals surface area contributed by atoms with Crippen molar-refractivity contribution in [2.75, 3.05) is 5.32 Å². The Morgan fingerprint density at radius 2 is 2.00 bits per heavy atom. The Labute approximate surface area is 107 Å². The Kier molecular flexibility index (Phi) is 3.61. The normalized spacial score (nSPS) is 10.2. The van der Waals surface area contributed by atoms with Crippen LogP contribution in [0, 0.1) is 0 Å². The number of anilines is 1. The second kappa shape index (κ2) is 5.16. The summed E-state index contributed by atoms with van der Waals surface area (Å²) in [4.78, 5) is 15.4. The van der Waals surface area contributed by atoms with E-state index in [-0.39, 0.29) is 12.3 Å². The second-order valence-corrected chi connectivity index (χ2v) is 4.21. The number of nitrogens with zero attached hydrogens (tertiary/aromatic N) is 2. The van der Waals surface area contributed by atoms with Crippen molar-refractivity contribution in [2.24, 2.45) is 0 Å². The summed E-state index contributed by atoms with van der Waals surface area (Å²) >= 11 is 11.7. The monoisotopic (exact) mass is 270 g/mol. The number of nitrogens with one attached hydrogen (secondary N) is 2. The molecule has 0 aliphatic carbocycles. The number of aromatic amines is 1. The van der Waals surface area contributed by atoms with E-state index in [0.29, 0.717) is 16.0 Å². The molecule has 0 fully saturated rings. The van der Waals surface area contributed by atoms with Gasteiger partial charge in [-0.15, -0.1) is 0 Å². The lowest BCUT2D eigenvalue weighted by molar-refractivity contribution is -0.115. The number of aromatic nitrogens is 3. The van der Waals surface area contributed by atoms with E-state index in [1.54, 1.807) is 18.2 Å². The van der Waals surface area contributed by atoms with Crippen LogP contribution in [0.2, 0.25) is 10.0 Å². The van der Waals surface area contributed by atoms with Gasteiger partial charge in [-0.3, -0.25) is 10.1 Å². The van der Waals surface area contributed by atoms with Crippen molar-refractivity contribution >= 4 is 35.1 Å². The molecule has 1 aromatic carbocycles. The fourth-order valence-electron chi connectivity index (χ4n) is 1.34. The van der Waals surface area contributed by atoms with Gasteiger partial charge in [-0.1, -0.05) is 23.2 Å². The molecule has 0 saturated carbocycles. The number of carbonyl (C=O) groups is 1. The molecule has 17 heavy (non-hydrogen) atoms. The van der Waals surface area contributed by atoms with Crippen molar-refractivity contribution in [2.45, 2.75) is 6.42 Å². The molecule has 2 rings (SSSR count). The van der Waals surface area contributed by atoms with Crippen LogP contribution in [0.3, 0.4) is 0 Å². The van der Waals surface area contributed by atoms with Crippen LogP contribution in [0.15, 0.2) is 24.5 Å². The molecule has 88 valence electrons. The summed E-state index contributed by atoms with van der Waals surface area (Å²) in [5.74, 6) is 0.0863. The topological polar surface area (TPSA) is 70.7 Å². The Morgan fingerprint density at radius 1 is 1.29 bits per heavy atom. The molecule has 7 heteroatoms. The summed E-state index contributed by atoms with van der Waals surface area (Å²) in [6.45, 7) is 0. The van der Waals surface area contributed by atoms with Crippen molar-refractivity contribution in [1.82, 2.24) is 15.2 Å². The third kappa shape index (κ3) is 3.44. The Balaban J connectivity index is 2.03. The van der Waals surface area contributed by atoms with Gasteiger partial charge in [0.25, 0.3) is 0 Å². The molecule has 0 bridgehead atoms. The van der Waals surface area contributed by atoms with Gasteiger partial charge in [0.05, 0.1) is 6.42 Å². The van der Waals surface area contributed by atoms with Gasteiger partial charge in [0.2, 0.25) is 11.9 Å². The first-order valence-electron chi connectivity index (χ1n) is 4.73. The maximum atomic E-state index is 11.6. The molecule has 0 aliphatic heterocycles. The summed E-state index contributed by atoms with van der Waals surface area (Å²) < 4.78 is 0. The van der Waals surface area contributed by atoms with Gasteiger partial charge in [0.15, 0.2) is 0 Å². The molecule has 1 heterocycles. The molecule has 0 saturated heterocycles. The average Bonchev–Trinajstić information content (AvgIpc) is 2.67. The number of hydrogen-bond acceptors (Lipinski definition) is 3. The molecule has 0 spiro atoms. The van der Waals surface area contributed by atoms with Crippen LogP contribution in [0.1, 0.15) is 5.56 Å². The highest BCUT2D eigenvalue weighted by Crippen LogP contribution is 2.19. The van der Waals surface area contributed by atoms with Crippen molar-refractivity contribution in [3.8, 4) is 0 Å². The Bertz CT molecular complexity index is 507. The van der Waals surface area contributed by atoms with E-state index in [1.165, 1.54) is 6.33 Å². The Hall–Kier alpha value is -1.59. The van der Waals surface area contributed by atoms with Gasteiger partial charge in [-0.25, -0.2) is 5.10 Å². The summed E-state index contributed by atoms with van der Waals surface area (Å²) in [6, 6.07) is 4.99. The molecule has 2 aromatic rings. The predicted octanol–water partition coefficient (Wildman–Crippen LogP) is 2.29. The zero-order valence-corrected chi connectivity index (χ0v) is 10.1. The lowest BCUT2D eigenvalue weighted by Gasteiger charge is -2.03. The largest absolute Gasteiger partial charge is 0.295 e. The standard InChI is InChI=1S/C10H8Cl2N4O/c11-7-1-6(2-8(12)4-7)3-9(17)15-10-13-5-14-16-10/h1-2,4-5H,3H2,(H2,13,14,15,16,17). The number of carbonyl (C=O) groups excluding carboxylic acids is 1. The zero-order chi connectivity index (χ0) is 12.3. The summed E-state index contributed by atoms with van der Waals surface area (Å²) in [5.41, 5.74) is 0.736. The average molecular weight is 271 g/mol. The SMILES string of the molecule is O=C(Cc1cc(Cl)cc(Cl)c1)Nc1ncn[nH]1. The van der Waals surface area contributed by atoms with Crippen molar-refractivity contribution in [3.63, 3.8) is 0 Å². The minimum Gasteiger partial charge on any atom is -0.295 e. The molecule has 0 aliphatic rings. The number of halogens is 2. The second-order valence-electron chi connectivity index (χ2n) is 3.34. The molecule has 1 amide bonds. The number of benzene rings is 1. The maximum Gasteiger partial charge on any atom is 0.231 e. The number of rotatable bonds is 3. The quantitative estimate of drug-likeness (QED) is 0.899. The molecule has 5 nitrogen and oxygen atoms in total. The minimum atomic E-state index is -0.222. The lowest BCUT2D eigenvalue weighted by atomic mass is 10.1. The summed E-state index contributed by atoms with van der Waals surface area (Å²) in [6.07, 6.45) is 1.48. The van der Waals surface area contributed by atoms with E-state index < -0.39 is 0 Å². The minimum absolute atomic E-state index is 0.168. The molecule has 1 aromatic heterocycles. The van der Waals surface area contributed by atoms with E-state index >= 15 is 0 Å². The fraction of sp³-hybridized carbons (Fsp3) is 0.100. The third-order valence-electron chi connectivity index (χ3n) is 1.96. The van der Waals surface area contributed by atoms with Gasteiger partial charge in [-0.05, 0) is 23.8 Å². The zero-order valence-electron chi connectivity index (χ0n) is 8.58. The first-order valence-corrected chi connectivity index (χ1v) is 5.49. The Morgan fingerprint density at radius 3 is 2.59 bits per heavy atom. The highest BCUT2D eigenvalue weighted by Gasteiger charge is 2.07. The van der Waals surface area contributed by atoms with Gasteiger partial charge in [-0.2, -0.15) is 10.1 Å². The van der Waals surface area contributed by atoms with E-state index in [9.17, 15) is 4.79 Å². The summed E-state index contributed by atoms with van der Waals surface area (Å²) in [5, 5.41) is 9.70. The first kappa shape index (κ1) is 11.9. The van der Waals surface area contributed by atoms with Crippen LogP contribution in [0.5, 0.6) is 0 Å². The molecule has 0 unspecified atom stereocenters. The fourth-order valence-corrected chi connectivity index (χ4v) is 1.91. The van der Waals surface area contributed by atoms with Crippen LogP contribution >= 0.6 is 23.2 Å². The molecular formula is C10H8Cl2N4O. The van der Waals surface area contributed by atoms with Crippen molar-refractivity contribution in [3.05, 3.63) is 40.1 Å². The van der Waals surface area contributed by atoms with Crippen LogP contribution < -0.4 is 5.32 Å². The van der Waals surface area contributed by atoms with E-state index in [2.05, 4.69) is 20.5 Å². The highest BCUT2D eigenvalue weighted by atomic mass is 35.5.